The van der Waals surface area contributed by atoms with Gasteiger partial charge in [0.05, 0.1) is 12.7 Å². The average Bonchev–Trinajstić information content (AvgIpc) is 3.18. The van der Waals surface area contributed by atoms with Crippen LogP contribution in [-0.4, -0.2) is 48.6 Å². The first-order valence-corrected chi connectivity index (χ1v) is 10.9. The standard InChI is InChI=1S/C19H26N4O4S/c1-3-22-14-17(18(24)20-13-15-8-7-9-16(12-15)27-2)19(21-22)28(25,26)23-10-5-4-6-11-23/h7-9,12,14H,3-6,10-11,13H2,1-2H3,(H,20,24). The van der Waals surface area contributed by atoms with Gasteiger partial charge in [-0.2, -0.15) is 9.40 Å². The summed E-state index contributed by atoms with van der Waals surface area (Å²) < 4.78 is 34.2. The fourth-order valence-electron chi connectivity index (χ4n) is 3.20. The molecule has 0 unspecified atom stereocenters. The van der Waals surface area contributed by atoms with Crippen LogP contribution < -0.4 is 10.1 Å². The Kier molecular flexibility index (Phi) is 6.35. The SMILES string of the molecule is CCn1cc(C(=O)NCc2cccc(OC)c2)c(S(=O)(=O)N2CCCCC2)n1. The van der Waals surface area contributed by atoms with Crippen molar-refractivity contribution in [2.75, 3.05) is 20.2 Å². The lowest BCUT2D eigenvalue weighted by Gasteiger charge is -2.25. The number of nitrogens with zero attached hydrogens (tertiary/aromatic N) is 3. The predicted molar refractivity (Wildman–Crippen MR) is 105 cm³/mol. The Morgan fingerprint density at radius 1 is 1.25 bits per heavy atom. The van der Waals surface area contributed by atoms with Crippen molar-refractivity contribution in [2.24, 2.45) is 0 Å². The first kappa shape index (κ1) is 20.3. The third-order valence-corrected chi connectivity index (χ3v) is 6.62. The molecular formula is C19H26N4O4S. The molecule has 1 N–H and O–H groups in total. The molecule has 8 nitrogen and oxygen atoms in total. The number of carbonyl (C=O) groups excluding carboxylic acids is 1. The Morgan fingerprint density at radius 2 is 2.00 bits per heavy atom. The Balaban J connectivity index is 1.82. The van der Waals surface area contributed by atoms with Crippen molar-refractivity contribution in [3.8, 4) is 5.75 Å². The summed E-state index contributed by atoms with van der Waals surface area (Å²) in [6.07, 6.45) is 4.16. The highest BCUT2D eigenvalue weighted by Crippen LogP contribution is 2.23. The third kappa shape index (κ3) is 4.36. The molecule has 1 amide bonds. The van der Waals surface area contributed by atoms with Crippen molar-refractivity contribution in [1.82, 2.24) is 19.4 Å². The molecule has 0 spiro atoms. The van der Waals surface area contributed by atoms with Gasteiger partial charge >= 0.3 is 0 Å². The van der Waals surface area contributed by atoms with E-state index < -0.39 is 15.9 Å². The van der Waals surface area contributed by atoms with E-state index in [0.29, 0.717) is 25.4 Å². The average molecular weight is 407 g/mol. The largest absolute Gasteiger partial charge is 0.497 e. The number of piperidine rings is 1. The molecule has 0 aliphatic carbocycles. The maximum Gasteiger partial charge on any atom is 0.263 e. The molecule has 1 aliphatic rings. The second-order valence-corrected chi connectivity index (χ2v) is 8.56. The molecule has 2 aromatic rings. The molecular weight excluding hydrogens is 380 g/mol. The van der Waals surface area contributed by atoms with Gasteiger partial charge in [0, 0.05) is 32.4 Å². The fraction of sp³-hybridized carbons (Fsp3) is 0.474. The van der Waals surface area contributed by atoms with E-state index >= 15 is 0 Å². The second kappa shape index (κ2) is 8.74. The molecule has 0 radical (unpaired) electrons. The van der Waals surface area contributed by atoms with Crippen LogP contribution in [0.4, 0.5) is 0 Å². The highest BCUT2D eigenvalue weighted by atomic mass is 32.2. The molecule has 152 valence electrons. The zero-order valence-corrected chi connectivity index (χ0v) is 17.0. The molecule has 0 atom stereocenters. The number of benzene rings is 1. The lowest BCUT2D eigenvalue weighted by atomic mass is 10.2. The van der Waals surface area contributed by atoms with Crippen LogP contribution in [0.25, 0.3) is 0 Å². The maximum atomic E-state index is 13.1. The molecule has 0 bridgehead atoms. The Labute approximate surface area is 165 Å². The third-order valence-electron chi connectivity index (χ3n) is 4.78. The predicted octanol–water partition coefficient (Wildman–Crippen LogP) is 2.02. The number of rotatable bonds is 7. The van der Waals surface area contributed by atoms with Crippen LogP contribution in [0, 0.1) is 0 Å². The number of carbonyl (C=O) groups is 1. The minimum atomic E-state index is -3.80. The summed E-state index contributed by atoms with van der Waals surface area (Å²) in [7, 11) is -2.22. The van der Waals surface area contributed by atoms with E-state index in [9.17, 15) is 13.2 Å². The van der Waals surface area contributed by atoms with Gasteiger partial charge in [0.15, 0.2) is 0 Å². The van der Waals surface area contributed by atoms with Crippen LogP contribution in [-0.2, 0) is 23.1 Å². The van der Waals surface area contributed by atoms with E-state index in [4.69, 9.17) is 4.74 Å². The number of amides is 1. The van der Waals surface area contributed by atoms with Gasteiger partial charge in [-0.3, -0.25) is 9.48 Å². The van der Waals surface area contributed by atoms with E-state index in [-0.39, 0.29) is 17.1 Å². The summed E-state index contributed by atoms with van der Waals surface area (Å²) in [6.45, 7) is 3.52. The number of aromatic nitrogens is 2. The van der Waals surface area contributed by atoms with Crippen LogP contribution >= 0.6 is 0 Å². The van der Waals surface area contributed by atoms with Gasteiger partial charge in [0.25, 0.3) is 15.9 Å². The number of hydrogen-bond acceptors (Lipinski definition) is 5. The minimum absolute atomic E-state index is 0.0790. The number of methoxy groups -OCH3 is 1. The van der Waals surface area contributed by atoms with Crippen LogP contribution in [0.15, 0.2) is 35.5 Å². The molecule has 1 aromatic carbocycles. The molecule has 1 aliphatic heterocycles. The molecule has 2 heterocycles. The minimum Gasteiger partial charge on any atom is -0.497 e. The van der Waals surface area contributed by atoms with Crippen LogP contribution in [0.5, 0.6) is 5.75 Å². The Hall–Kier alpha value is -2.39. The molecule has 1 saturated heterocycles. The molecule has 9 heteroatoms. The van der Waals surface area contributed by atoms with Crippen LogP contribution in [0.3, 0.4) is 0 Å². The lowest BCUT2D eigenvalue weighted by molar-refractivity contribution is 0.0947. The highest BCUT2D eigenvalue weighted by Gasteiger charge is 2.33. The topological polar surface area (TPSA) is 93.5 Å². The van der Waals surface area contributed by atoms with Crippen molar-refractivity contribution in [2.45, 2.75) is 44.3 Å². The Bertz CT molecular complexity index is 933. The van der Waals surface area contributed by atoms with E-state index in [0.717, 1.165) is 24.8 Å². The van der Waals surface area contributed by atoms with E-state index in [2.05, 4.69) is 10.4 Å². The maximum absolute atomic E-state index is 13.1. The van der Waals surface area contributed by atoms with Crippen molar-refractivity contribution >= 4 is 15.9 Å². The summed E-state index contributed by atoms with van der Waals surface area (Å²) in [4.78, 5) is 12.8. The monoisotopic (exact) mass is 406 g/mol. The van der Waals surface area contributed by atoms with Crippen molar-refractivity contribution < 1.29 is 17.9 Å². The van der Waals surface area contributed by atoms with Crippen LogP contribution in [0.2, 0.25) is 0 Å². The smallest absolute Gasteiger partial charge is 0.263 e. The number of sulfonamides is 1. The molecule has 0 saturated carbocycles. The van der Waals surface area contributed by atoms with Crippen molar-refractivity contribution in [3.63, 3.8) is 0 Å². The van der Waals surface area contributed by atoms with Gasteiger partial charge in [0.2, 0.25) is 5.03 Å². The van der Waals surface area contributed by atoms with Gasteiger partial charge < -0.3 is 10.1 Å². The highest BCUT2D eigenvalue weighted by molar-refractivity contribution is 7.89. The lowest BCUT2D eigenvalue weighted by Crippen LogP contribution is -2.37. The number of aryl methyl sites for hydroxylation is 1. The molecule has 28 heavy (non-hydrogen) atoms. The summed E-state index contributed by atoms with van der Waals surface area (Å²) in [5.74, 6) is 0.233. The van der Waals surface area contributed by atoms with Crippen molar-refractivity contribution in [3.05, 3.63) is 41.6 Å². The summed E-state index contributed by atoms with van der Waals surface area (Å²) in [6, 6.07) is 7.34. The second-order valence-electron chi connectivity index (χ2n) is 6.70. The normalized spacial score (nSPS) is 15.4. The van der Waals surface area contributed by atoms with Gasteiger partial charge in [-0.1, -0.05) is 18.6 Å². The first-order valence-electron chi connectivity index (χ1n) is 9.44. The van der Waals surface area contributed by atoms with Crippen LogP contribution in [0.1, 0.15) is 42.1 Å². The van der Waals surface area contributed by atoms with E-state index in [1.54, 1.807) is 7.11 Å². The number of ether oxygens (including phenoxy) is 1. The summed E-state index contributed by atoms with van der Waals surface area (Å²) >= 11 is 0. The summed E-state index contributed by atoms with van der Waals surface area (Å²) in [5.41, 5.74) is 0.936. The van der Waals surface area contributed by atoms with Gasteiger partial charge in [-0.05, 0) is 37.5 Å². The zero-order valence-electron chi connectivity index (χ0n) is 16.2. The van der Waals surface area contributed by atoms with E-state index in [1.165, 1.54) is 15.2 Å². The number of nitrogens with one attached hydrogen (secondary N) is 1. The summed E-state index contributed by atoms with van der Waals surface area (Å²) in [5, 5.41) is 6.81. The zero-order chi connectivity index (χ0) is 20.1. The Morgan fingerprint density at radius 3 is 2.68 bits per heavy atom. The number of hydrogen-bond donors (Lipinski definition) is 1. The van der Waals surface area contributed by atoms with Gasteiger partial charge in [0.1, 0.15) is 5.75 Å². The first-order chi connectivity index (χ1) is 13.5. The molecule has 3 rings (SSSR count). The quantitative estimate of drug-likeness (QED) is 0.759. The van der Waals surface area contributed by atoms with Gasteiger partial charge in [-0.25, -0.2) is 8.42 Å². The van der Waals surface area contributed by atoms with Gasteiger partial charge in [-0.15, -0.1) is 0 Å². The van der Waals surface area contributed by atoms with E-state index in [1.807, 2.05) is 31.2 Å². The molecule has 1 fully saturated rings. The fourth-order valence-corrected chi connectivity index (χ4v) is 4.81. The molecule has 1 aromatic heterocycles. The van der Waals surface area contributed by atoms with Crippen molar-refractivity contribution in [1.29, 1.82) is 0 Å².